The molecule has 0 fully saturated rings. The number of benzene rings is 1. The van der Waals surface area contributed by atoms with E-state index in [1.165, 1.54) is 5.56 Å². The molecule has 5 nitrogen and oxygen atoms in total. The Balaban J connectivity index is 1.99. The first-order valence-electron chi connectivity index (χ1n) is 7.66. The molecule has 0 amide bonds. The molecule has 0 spiro atoms. The van der Waals surface area contributed by atoms with Crippen LogP contribution < -0.4 is 5.32 Å². The van der Waals surface area contributed by atoms with Crippen LogP contribution in [0.5, 0.6) is 0 Å². The summed E-state index contributed by atoms with van der Waals surface area (Å²) in [5.41, 5.74) is 4.47. The molecule has 126 valence electrons. The Morgan fingerprint density at radius 1 is 1.30 bits per heavy atom. The highest BCUT2D eigenvalue weighted by molar-refractivity contribution is 6.30. The summed E-state index contributed by atoms with van der Waals surface area (Å²) < 4.78 is 6.92. The molecule has 2 N–H and O–H groups in total. The number of aromatic nitrogens is 2. The van der Waals surface area contributed by atoms with Crippen LogP contribution in [-0.2, 0) is 17.8 Å². The molecule has 2 rings (SSSR count). The second-order valence-electron chi connectivity index (χ2n) is 5.67. The normalized spacial score (nSPS) is 12.6. The fraction of sp³-hybridized carbons (Fsp3) is 0.471. The SMILES string of the molecule is COCC(O)CNCc1c(C)nn(Cc2ccc(Cl)cc2)c1C. The van der Waals surface area contributed by atoms with Crippen molar-refractivity contribution in [2.45, 2.75) is 33.0 Å². The quantitative estimate of drug-likeness (QED) is 0.776. The van der Waals surface area contributed by atoms with E-state index >= 15 is 0 Å². The minimum Gasteiger partial charge on any atom is -0.389 e. The maximum absolute atomic E-state index is 9.67. The summed E-state index contributed by atoms with van der Waals surface area (Å²) in [6.45, 7) is 6.30. The highest BCUT2D eigenvalue weighted by Crippen LogP contribution is 2.16. The maximum Gasteiger partial charge on any atom is 0.0897 e. The second kappa shape index (κ2) is 8.45. The Kier molecular flexibility index (Phi) is 6.59. The van der Waals surface area contributed by atoms with Gasteiger partial charge in [-0.1, -0.05) is 23.7 Å². The van der Waals surface area contributed by atoms with Crippen LogP contribution in [0.3, 0.4) is 0 Å². The van der Waals surface area contributed by atoms with Gasteiger partial charge in [0.25, 0.3) is 0 Å². The van der Waals surface area contributed by atoms with Gasteiger partial charge < -0.3 is 15.2 Å². The van der Waals surface area contributed by atoms with Gasteiger partial charge in [0.2, 0.25) is 0 Å². The number of nitrogens with one attached hydrogen (secondary N) is 1. The molecule has 0 saturated heterocycles. The lowest BCUT2D eigenvalue weighted by Crippen LogP contribution is -2.29. The number of nitrogens with zero attached hydrogens (tertiary/aromatic N) is 2. The molecule has 6 heteroatoms. The van der Waals surface area contributed by atoms with Crippen molar-refractivity contribution in [1.82, 2.24) is 15.1 Å². The molecule has 2 aromatic rings. The molecule has 0 aliphatic rings. The molecule has 0 saturated carbocycles. The van der Waals surface area contributed by atoms with Crippen molar-refractivity contribution < 1.29 is 9.84 Å². The van der Waals surface area contributed by atoms with Gasteiger partial charge in [0, 0.05) is 36.5 Å². The zero-order valence-electron chi connectivity index (χ0n) is 13.8. The molecule has 1 heterocycles. The number of hydrogen-bond donors (Lipinski definition) is 2. The molecule has 0 radical (unpaired) electrons. The van der Waals surface area contributed by atoms with Gasteiger partial charge in [-0.15, -0.1) is 0 Å². The van der Waals surface area contributed by atoms with Gasteiger partial charge in [0.05, 0.1) is 24.9 Å². The third-order valence-corrected chi connectivity index (χ3v) is 4.07. The Morgan fingerprint density at radius 3 is 2.65 bits per heavy atom. The lowest BCUT2D eigenvalue weighted by atomic mass is 10.2. The number of aryl methyl sites for hydroxylation is 1. The van der Waals surface area contributed by atoms with E-state index in [-0.39, 0.29) is 0 Å². The largest absolute Gasteiger partial charge is 0.389 e. The number of aliphatic hydroxyl groups excluding tert-OH is 1. The van der Waals surface area contributed by atoms with Crippen molar-refractivity contribution in [1.29, 1.82) is 0 Å². The van der Waals surface area contributed by atoms with E-state index < -0.39 is 6.10 Å². The summed E-state index contributed by atoms with van der Waals surface area (Å²) in [7, 11) is 1.58. The van der Waals surface area contributed by atoms with Gasteiger partial charge in [0.1, 0.15) is 0 Å². The predicted octanol–water partition coefficient (Wildman–Crippen LogP) is 2.30. The van der Waals surface area contributed by atoms with Crippen molar-refractivity contribution >= 4 is 11.6 Å². The summed E-state index contributed by atoms with van der Waals surface area (Å²) in [6.07, 6.45) is -0.496. The van der Waals surface area contributed by atoms with Crippen molar-refractivity contribution in [3.8, 4) is 0 Å². The maximum atomic E-state index is 9.67. The van der Waals surface area contributed by atoms with Gasteiger partial charge in [-0.25, -0.2) is 0 Å². The molecular weight excluding hydrogens is 314 g/mol. The van der Waals surface area contributed by atoms with Gasteiger partial charge >= 0.3 is 0 Å². The van der Waals surface area contributed by atoms with E-state index in [0.29, 0.717) is 19.7 Å². The van der Waals surface area contributed by atoms with Crippen molar-refractivity contribution in [2.75, 3.05) is 20.3 Å². The van der Waals surface area contributed by atoms with Crippen LogP contribution in [0.15, 0.2) is 24.3 Å². The number of rotatable bonds is 8. The minimum absolute atomic E-state index is 0.334. The van der Waals surface area contributed by atoms with Crippen molar-refractivity contribution in [3.63, 3.8) is 0 Å². The number of ether oxygens (including phenoxy) is 1. The predicted molar refractivity (Wildman–Crippen MR) is 91.8 cm³/mol. The van der Waals surface area contributed by atoms with E-state index in [2.05, 4.69) is 17.3 Å². The Hall–Kier alpha value is -1.40. The molecule has 0 aliphatic heterocycles. The smallest absolute Gasteiger partial charge is 0.0897 e. The fourth-order valence-electron chi connectivity index (χ4n) is 2.52. The lowest BCUT2D eigenvalue weighted by Gasteiger charge is -2.11. The molecule has 1 aromatic heterocycles. The number of hydrogen-bond acceptors (Lipinski definition) is 4. The van der Waals surface area contributed by atoms with Crippen molar-refractivity contribution in [3.05, 3.63) is 51.8 Å². The van der Waals surface area contributed by atoms with Crippen molar-refractivity contribution in [2.24, 2.45) is 0 Å². The first-order valence-corrected chi connectivity index (χ1v) is 8.04. The minimum atomic E-state index is -0.496. The Bertz CT molecular complexity index is 626. The zero-order chi connectivity index (χ0) is 16.8. The van der Waals surface area contributed by atoms with E-state index in [1.54, 1.807) is 7.11 Å². The Morgan fingerprint density at radius 2 is 2.00 bits per heavy atom. The van der Waals surface area contributed by atoms with E-state index in [9.17, 15) is 5.11 Å². The van der Waals surface area contributed by atoms with E-state index in [4.69, 9.17) is 16.3 Å². The first-order chi connectivity index (χ1) is 11.0. The highest BCUT2D eigenvalue weighted by atomic mass is 35.5. The summed E-state index contributed by atoms with van der Waals surface area (Å²) in [5, 5.41) is 18.3. The average Bonchev–Trinajstić information content (AvgIpc) is 2.77. The lowest BCUT2D eigenvalue weighted by molar-refractivity contribution is 0.0644. The van der Waals surface area contributed by atoms with E-state index in [1.807, 2.05) is 35.9 Å². The van der Waals surface area contributed by atoms with Crippen LogP contribution in [0, 0.1) is 13.8 Å². The monoisotopic (exact) mass is 337 g/mol. The average molecular weight is 338 g/mol. The molecule has 1 unspecified atom stereocenters. The number of aliphatic hydroxyl groups is 1. The van der Waals surface area contributed by atoms with Crippen LogP contribution >= 0.6 is 11.6 Å². The van der Waals surface area contributed by atoms with Crippen LogP contribution in [0.1, 0.15) is 22.5 Å². The van der Waals surface area contributed by atoms with Crippen LogP contribution in [0.2, 0.25) is 5.02 Å². The third-order valence-electron chi connectivity index (χ3n) is 3.82. The van der Waals surface area contributed by atoms with Gasteiger partial charge in [0.15, 0.2) is 0 Å². The topological polar surface area (TPSA) is 59.3 Å². The number of methoxy groups -OCH3 is 1. The second-order valence-corrected chi connectivity index (χ2v) is 6.11. The van der Waals surface area contributed by atoms with Gasteiger partial charge in [-0.3, -0.25) is 4.68 Å². The molecule has 0 aliphatic carbocycles. The third kappa shape index (κ3) is 5.04. The molecular formula is C17H24ClN3O2. The first kappa shape index (κ1) is 17.9. The number of halogens is 1. The molecule has 1 atom stereocenters. The van der Waals surface area contributed by atoms with E-state index in [0.717, 1.165) is 28.5 Å². The van der Waals surface area contributed by atoms with Crippen LogP contribution in [-0.4, -0.2) is 41.3 Å². The molecule has 0 bridgehead atoms. The highest BCUT2D eigenvalue weighted by Gasteiger charge is 2.12. The zero-order valence-corrected chi connectivity index (χ0v) is 14.6. The molecule has 1 aromatic carbocycles. The standard InChI is InChI=1S/C17H24ClN3O2/c1-12-17(9-19-8-16(22)11-23-3)13(2)21(20-12)10-14-4-6-15(18)7-5-14/h4-7,16,19,22H,8-11H2,1-3H3. The van der Waals surface area contributed by atoms with Crippen LogP contribution in [0.25, 0.3) is 0 Å². The summed E-state index contributed by atoms with van der Waals surface area (Å²) >= 11 is 5.92. The Labute approximate surface area is 142 Å². The summed E-state index contributed by atoms with van der Waals surface area (Å²) in [6, 6.07) is 7.81. The van der Waals surface area contributed by atoms with Crippen LogP contribution in [0.4, 0.5) is 0 Å². The van der Waals surface area contributed by atoms with Gasteiger partial charge in [-0.2, -0.15) is 5.10 Å². The fourth-order valence-corrected chi connectivity index (χ4v) is 2.65. The molecule has 23 heavy (non-hydrogen) atoms. The van der Waals surface area contributed by atoms with Gasteiger partial charge in [-0.05, 0) is 31.5 Å². The summed E-state index contributed by atoms with van der Waals surface area (Å²) in [5.74, 6) is 0. The summed E-state index contributed by atoms with van der Waals surface area (Å²) in [4.78, 5) is 0.